The average Bonchev–Trinajstić information content (AvgIpc) is 2.32. The highest BCUT2D eigenvalue weighted by Crippen LogP contribution is 2.28. The Balaban J connectivity index is 2.30. The van der Waals surface area contributed by atoms with E-state index < -0.39 is 0 Å². The van der Waals surface area contributed by atoms with Gasteiger partial charge in [-0.05, 0) is 42.7 Å². The minimum absolute atomic E-state index is 0.776. The minimum Gasteiger partial charge on any atom is -0.339 e. The summed E-state index contributed by atoms with van der Waals surface area (Å²) in [6.45, 7) is 4.13. The molecule has 17 heavy (non-hydrogen) atoms. The maximum Gasteiger partial charge on any atom is 0.130 e. The molecule has 0 aliphatic heterocycles. The Labute approximate surface area is 107 Å². The molecule has 0 amide bonds. The molecule has 1 heterocycles. The molecule has 1 aromatic heterocycles. The van der Waals surface area contributed by atoms with Gasteiger partial charge < -0.3 is 5.32 Å². The largest absolute Gasteiger partial charge is 0.339 e. The van der Waals surface area contributed by atoms with Crippen molar-refractivity contribution in [1.29, 1.82) is 0 Å². The SMILES string of the molecule is CCc1cccc(Nc2cc(C)ccn2)c1Cl. The van der Waals surface area contributed by atoms with E-state index in [-0.39, 0.29) is 0 Å². The van der Waals surface area contributed by atoms with Gasteiger partial charge in [0.1, 0.15) is 5.82 Å². The van der Waals surface area contributed by atoms with Crippen LogP contribution in [0.25, 0.3) is 0 Å². The quantitative estimate of drug-likeness (QED) is 0.871. The van der Waals surface area contributed by atoms with E-state index in [9.17, 15) is 0 Å². The molecule has 2 nitrogen and oxygen atoms in total. The normalized spacial score (nSPS) is 10.3. The van der Waals surface area contributed by atoms with Crippen LogP contribution in [0.4, 0.5) is 11.5 Å². The molecule has 0 spiro atoms. The summed E-state index contributed by atoms with van der Waals surface area (Å²) in [5.74, 6) is 0.820. The second-order valence-electron chi connectivity index (χ2n) is 3.98. The van der Waals surface area contributed by atoms with Crippen molar-refractivity contribution in [2.75, 3.05) is 5.32 Å². The van der Waals surface area contributed by atoms with Crippen LogP contribution < -0.4 is 5.32 Å². The number of pyridine rings is 1. The first-order valence-corrected chi connectivity index (χ1v) is 6.05. The van der Waals surface area contributed by atoms with Gasteiger partial charge in [0, 0.05) is 6.20 Å². The maximum atomic E-state index is 6.31. The highest BCUT2D eigenvalue weighted by Gasteiger charge is 2.05. The lowest BCUT2D eigenvalue weighted by molar-refractivity contribution is 1.14. The van der Waals surface area contributed by atoms with Gasteiger partial charge in [0.15, 0.2) is 0 Å². The molecule has 0 radical (unpaired) electrons. The Bertz CT molecular complexity index is 523. The number of aryl methyl sites for hydroxylation is 2. The molecule has 0 aliphatic rings. The number of hydrogen-bond donors (Lipinski definition) is 1. The van der Waals surface area contributed by atoms with Crippen molar-refractivity contribution in [3.05, 3.63) is 52.7 Å². The number of anilines is 2. The highest BCUT2D eigenvalue weighted by molar-refractivity contribution is 6.34. The summed E-state index contributed by atoms with van der Waals surface area (Å²) in [7, 11) is 0. The lowest BCUT2D eigenvalue weighted by atomic mass is 10.1. The molecule has 1 aromatic carbocycles. The minimum atomic E-state index is 0.776. The van der Waals surface area contributed by atoms with Gasteiger partial charge in [-0.1, -0.05) is 30.7 Å². The summed E-state index contributed by atoms with van der Waals surface area (Å²) in [5, 5.41) is 4.02. The third-order valence-corrected chi connectivity index (χ3v) is 3.08. The molecule has 0 aliphatic carbocycles. The predicted octanol–water partition coefficient (Wildman–Crippen LogP) is 4.35. The highest BCUT2D eigenvalue weighted by atomic mass is 35.5. The monoisotopic (exact) mass is 246 g/mol. The number of rotatable bonds is 3. The van der Waals surface area contributed by atoms with Gasteiger partial charge in [0.05, 0.1) is 10.7 Å². The predicted molar refractivity (Wildman–Crippen MR) is 73.1 cm³/mol. The van der Waals surface area contributed by atoms with Crippen molar-refractivity contribution in [3.63, 3.8) is 0 Å². The third-order valence-electron chi connectivity index (χ3n) is 2.64. The second kappa shape index (κ2) is 5.19. The number of aromatic nitrogens is 1. The van der Waals surface area contributed by atoms with E-state index in [4.69, 9.17) is 11.6 Å². The lowest BCUT2D eigenvalue weighted by Gasteiger charge is -2.10. The van der Waals surface area contributed by atoms with E-state index in [0.29, 0.717) is 0 Å². The number of nitrogens with one attached hydrogen (secondary N) is 1. The van der Waals surface area contributed by atoms with Crippen LogP contribution in [0.3, 0.4) is 0 Å². The summed E-state index contributed by atoms with van der Waals surface area (Å²) in [4.78, 5) is 4.26. The molecule has 0 fully saturated rings. The first-order valence-electron chi connectivity index (χ1n) is 5.67. The van der Waals surface area contributed by atoms with Crippen LogP contribution >= 0.6 is 11.6 Å². The molecular formula is C14H15ClN2. The van der Waals surface area contributed by atoms with Crippen molar-refractivity contribution in [1.82, 2.24) is 4.98 Å². The van der Waals surface area contributed by atoms with Crippen molar-refractivity contribution >= 4 is 23.1 Å². The molecule has 2 rings (SSSR count). The van der Waals surface area contributed by atoms with Gasteiger partial charge in [-0.3, -0.25) is 0 Å². The van der Waals surface area contributed by atoms with E-state index in [1.807, 2.05) is 37.3 Å². The second-order valence-corrected chi connectivity index (χ2v) is 4.35. The summed E-state index contributed by atoms with van der Waals surface area (Å²) in [6, 6.07) is 9.97. The van der Waals surface area contributed by atoms with E-state index in [2.05, 4.69) is 17.2 Å². The first-order chi connectivity index (χ1) is 8.20. The number of halogens is 1. The molecule has 0 atom stereocenters. The topological polar surface area (TPSA) is 24.9 Å². The fourth-order valence-corrected chi connectivity index (χ4v) is 2.00. The molecule has 0 unspecified atom stereocenters. The molecule has 2 aromatic rings. The summed E-state index contributed by atoms with van der Waals surface area (Å²) in [6.07, 6.45) is 2.71. The van der Waals surface area contributed by atoms with E-state index in [0.717, 1.165) is 28.5 Å². The fourth-order valence-electron chi connectivity index (χ4n) is 1.69. The van der Waals surface area contributed by atoms with Crippen molar-refractivity contribution in [2.45, 2.75) is 20.3 Å². The van der Waals surface area contributed by atoms with Crippen LogP contribution in [0.5, 0.6) is 0 Å². The summed E-state index contributed by atoms with van der Waals surface area (Å²) >= 11 is 6.31. The molecular weight excluding hydrogens is 232 g/mol. The van der Waals surface area contributed by atoms with Crippen molar-refractivity contribution in [3.8, 4) is 0 Å². The Hall–Kier alpha value is -1.54. The van der Waals surface area contributed by atoms with Gasteiger partial charge in [0.25, 0.3) is 0 Å². The van der Waals surface area contributed by atoms with Gasteiger partial charge >= 0.3 is 0 Å². The molecule has 0 bridgehead atoms. The Kier molecular flexibility index (Phi) is 3.64. The summed E-state index contributed by atoms with van der Waals surface area (Å²) < 4.78 is 0. The zero-order chi connectivity index (χ0) is 12.3. The van der Waals surface area contributed by atoms with Crippen molar-refractivity contribution < 1.29 is 0 Å². The molecule has 0 saturated carbocycles. The van der Waals surface area contributed by atoms with Gasteiger partial charge in [-0.25, -0.2) is 4.98 Å². The van der Waals surface area contributed by atoms with Gasteiger partial charge in [-0.2, -0.15) is 0 Å². The summed E-state index contributed by atoms with van der Waals surface area (Å²) in [5.41, 5.74) is 3.22. The fraction of sp³-hybridized carbons (Fsp3) is 0.214. The first kappa shape index (κ1) is 11.9. The van der Waals surface area contributed by atoms with Gasteiger partial charge in [0.2, 0.25) is 0 Å². The van der Waals surface area contributed by atoms with Crippen LogP contribution in [0.1, 0.15) is 18.1 Å². The zero-order valence-electron chi connectivity index (χ0n) is 10.00. The Morgan fingerprint density at radius 1 is 1.29 bits per heavy atom. The number of nitrogens with zero attached hydrogens (tertiary/aromatic N) is 1. The average molecular weight is 247 g/mol. The third kappa shape index (κ3) is 2.77. The smallest absolute Gasteiger partial charge is 0.130 e. The van der Waals surface area contributed by atoms with E-state index in [1.54, 1.807) is 6.20 Å². The van der Waals surface area contributed by atoms with E-state index in [1.165, 1.54) is 5.56 Å². The molecule has 1 N–H and O–H groups in total. The van der Waals surface area contributed by atoms with Crippen LogP contribution in [0.2, 0.25) is 5.02 Å². The zero-order valence-corrected chi connectivity index (χ0v) is 10.8. The molecule has 0 saturated heterocycles. The standard InChI is InChI=1S/C14H15ClN2/c1-3-11-5-4-6-12(14(11)15)17-13-9-10(2)7-8-16-13/h4-9H,3H2,1-2H3,(H,16,17). The van der Waals surface area contributed by atoms with Crippen molar-refractivity contribution in [2.24, 2.45) is 0 Å². The van der Waals surface area contributed by atoms with Crippen LogP contribution in [0, 0.1) is 6.92 Å². The molecule has 88 valence electrons. The Morgan fingerprint density at radius 2 is 2.12 bits per heavy atom. The van der Waals surface area contributed by atoms with Crippen LogP contribution in [0.15, 0.2) is 36.5 Å². The molecule has 3 heteroatoms. The number of benzene rings is 1. The van der Waals surface area contributed by atoms with Gasteiger partial charge in [-0.15, -0.1) is 0 Å². The lowest BCUT2D eigenvalue weighted by Crippen LogP contribution is -1.96. The van der Waals surface area contributed by atoms with Crippen LogP contribution in [-0.2, 0) is 6.42 Å². The number of hydrogen-bond acceptors (Lipinski definition) is 2. The maximum absolute atomic E-state index is 6.31. The van der Waals surface area contributed by atoms with Crippen LogP contribution in [-0.4, -0.2) is 4.98 Å². The van der Waals surface area contributed by atoms with E-state index >= 15 is 0 Å². The Morgan fingerprint density at radius 3 is 2.82 bits per heavy atom.